The SMILES string of the molecule is CN(CC1CCC1)c1ccc(CNC2CC2)cn1. The number of nitrogens with one attached hydrogen (secondary N) is 1. The minimum atomic E-state index is 0.769. The molecule has 1 N–H and O–H groups in total. The van der Waals surface area contributed by atoms with Crippen LogP contribution in [0.25, 0.3) is 0 Å². The molecule has 2 aliphatic carbocycles. The van der Waals surface area contributed by atoms with E-state index >= 15 is 0 Å². The van der Waals surface area contributed by atoms with Gasteiger partial charge < -0.3 is 10.2 Å². The Bertz CT molecular complexity index is 379. The average Bonchev–Trinajstić information content (AvgIpc) is 3.16. The zero-order chi connectivity index (χ0) is 12.4. The molecule has 0 saturated heterocycles. The second-order valence-electron chi connectivity index (χ2n) is 5.86. The molecule has 98 valence electrons. The third-order valence-corrected chi connectivity index (χ3v) is 4.13. The number of rotatable bonds is 6. The number of aromatic nitrogens is 1. The van der Waals surface area contributed by atoms with Crippen LogP contribution in [0.15, 0.2) is 18.3 Å². The molecule has 1 heterocycles. The highest BCUT2D eigenvalue weighted by Crippen LogP contribution is 2.27. The number of hydrogen-bond acceptors (Lipinski definition) is 3. The molecule has 1 aromatic heterocycles. The summed E-state index contributed by atoms with van der Waals surface area (Å²) in [6.45, 7) is 2.12. The van der Waals surface area contributed by atoms with Gasteiger partial charge in [0.1, 0.15) is 5.82 Å². The van der Waals surface area contributed by atoms with E-state index in [0.29, 0.717) is 0 Å². The van der Waals surface area contributed by atoms with E-state index in [-0.39, 0.29) is 0 Å². The van der Waals surface area contributed by atoms with Gasteiger partial charge in [-0.2, -0.15) is 0 Å². The van der Waals surface area contributed by atoms with Crippen molar-refractivity contribution in [1.29, 1.82) is 0 Å². The van der Waals surface area contributed by atoms with Gasteiger partial charge in [0.05, 0.1) is 0 Å². The van der Waals surface area contributed by atoms with Gasteiger partial charge in [-0.1, -0.05) is 12.5 Å². The van der Waals surface area contributed by atoms with Crippen LogP contribution in [0.1, 0.15) is 37.7 Å². The molecule has 0 unspecified atom stereocenters. The number of nitrogens with zero attached hydrogens (tertiary/aromatic N) is 2. The standard InChI is InChI=1S/C15H23N3/c1-18(11-12-3-2-4-12)15-8-5-13(10-17-15)9-16-14-6-7-14/h5,8,10,12,14,16H,2-4,6-7,9,11H2,1H3. The van der Waals surface area contributed by atoms with Crippen LogP contribution < -0.4 is 10.2 Å². The molecule has 2 fully saturated rings. The summed E-state index contributed by atoms with van der Waals surface area (Å²) in [7, 11) is 2.16. The third-order valence-electron chi connectivity index (χ3n) is 4.13. The first-order valence-electron chi connectivity index (χ1n) is 7.21. The lowest BCUT2D eigenvalue weighted by Gasteiger charge is -2.30. The van der Waals surface area contributed by atoms with Crippen LogP contribution in [-0.2, 0) is 6.54 Å². The maximum Gasteiger partial charge on any atom is 0.128 e. The maximum atomic E-state index is 4.57. The minimum Gasteiger partial charge on any atom is -0.359 e. The summed E-state index contributed by atoms with van der Waals surface area (Å²) in [6, 6.07) is 5.13. The van der Waals surface area contributed by atoms with Crippen molar-refractivity contribution in [2.45, 2.75) is 44.7 Å². The molecule has 0 atom stereocenters. The van der Waals surface area contributed by atoms with Crippen LogP contribution >= 0.6 is 0 Å². The number of pyridine rings is 1. The van der Waals surface area contributed by atoms with Crippen molar-refractivity contribution in [1.82, 2.24) is 10.3 Å². The smallest absolute Gasteiger partial charge is 0.128 e. The van der Waals surface area contributed by atoms with E-state index in [1.54, 1.807) is 0 Å². The molecule has 0 aliphatic heterocycles. The van der Waals surface area contributed by atoms with Gasteiger partial charge >= 0.3 is 0 Å². The summed E-state index contributed by atoms with van der Waals surface area (Å²) in [5.41, 5.74) is 1.29. The molecule has 0 bridgehead atoms. The highest BCUT2D eigenvalue weighted by molar-refractivity contribution is 5.38. The van der Waals surface area contributed by atoms with Crippen LogP contribution in [-0.4, -0.2) is 24.6 Å². The molecule has 18 heavy (non-hydrogen) atoms. The molecule has 1 aromatic rings. The van der Waals surface area contributed by atoms with E-state index in [4.69, 9.17) is 0 Å². The maximum absolute atomic E-state index is 4.57. The van der Waals surface area contributed by atoms with Crippen LogP contribution in [0.5, 0.6) is 0 Å². The zero-order valence-corrected chi connectivity index (χ0v) is 11.2. The van der Waals surface area contributed by atoms with Crippen molar-refractivity contribution in [3.63, 3.8) is 0 Å². The predicted molar refractivity (Wildman–Crippen MR) is 74.7 cm³/mol. The molecule has 0 radical (unpaired) electrons. The molecule has 3 rings (SSSR count). The second kappa shape index (κ2) is 5.27. The normalized spacial score (nSPS) is 19.6. The van der Waals surface area contributed by atoms with Crippen LogP contribution in [0.2, 0.25) is 0 Å². The van der Waals surface area contributed by atoms with Gasteiger partial charge in [-0.05, 0) is 43.2 Å². The van der Waals surface area contributed by atoms with Crippen molar-refractivity contribution in [3.8, 4) is 0 Å². The first-order valence-corrected chi connectivity index (χ1v) is 7.21. The summed E-state index contributed by atoms with van der Waals surface area (Å²) in [5, 5.41) is 3.52. The molecular formula is C15H23N3. The van der Waals surface area contributed by atoms with E-state index in [2.05, 4.69) is 34.4 Å². The van der Waals surface area contributed by atoms with Gasteiger partial charge in [0.25, 0.3) is 0 Å². The fourth-order valence-electron chi connectivity index (χ4n) is 2.45. The topological polar surface area (TPSA) is 28.2 Å². The fraction of sp³-hybridized carbons (Fsp3) is 0.667. The molecular weight excluding hydrogens is 222 g/mol. The molecule has 3 nitrogen and oxygen atoms in total. The van der Waals surface area contributed by atoms with Gasteiger partial charge in [-0.15, -0.1) is 0 Å². The van der Waals surface area contributed by atoms with Crippen molar-refractivity contribution < 1.29 is 0 Å². The lowest BCUT2D eigenvalue weighted by Crippen LogP contribution is -2.29. The Balaban J connectivity index is 1.51. The third kappa shape index (κ3) is 3.02. The van der Waals surface area contributed by atoms with Gasteiger partial charge in [0, 0.05) is 32.4 Å². The Morgan fingerprint density at radius 1 is 1.28 bits per heavy atom. The van der Waals surface area contributed by atoms with E-state index in [1.165, 1.54) is 37.7 Å². The van der Waals surface area contributed by atoms with E-state index in [0.717, 1.165) is 30.9 Å². The molecule has 2 saturated carbocycles. The summed E-state index contributed by atoms with van der Waals surface area (Å²) in [5.74, 6) is 2.00. The molecule has 0 amide bonds. The first-order chi connectivity index (χ1) is 8.81. The average molecular weight is 245 g/mol. The molecule has 3 heteroatoms. The summed E-state index contributed by atoms with van der Waals surface area (Å²) < 4.78 is 0. The number of anilines is 1. The van der Waals surface area contributed by atoms with E-state index in [9.17, 15) is 0 Å². The zero-order valence-electron chi connectivity index (χ0n) is 11.2. The van der Waals surface area contributed by atoms with Crippen LogP contribution in [0.4, 0.5) is 5.82 Å². The van der Waals surface area contributed by atoms with Crippen molar-refractivity contribution in [2.24, 2.45) is 5.92 Å². The van der Waals surface area contributed by atoms with Gasteiger partial charge in [-0.25, -0.2) is 4.98 Å². The number of hydrogen-bond donors (Lipinski definition) is 1. The monoisotopic (exact) mass is 245 g/mol. The van der Waals surface area contributed by atoms with E-state index < -0.39 is 0 Å². The van der Waals surface area contributed by atoms with Crippen LogP contribution in [0.3, 0.4) is 0 Å². The summed E-state index contributed by atoms with van der Waals surface area (Å²) >= 11 is 0. The van der Waals surface area contributed by atoms with Crippen molar-refractivity contribution >= 4 is 5.82 Å². The van der Waals surface area contributed by atoms with Gasteiger partial charge in [0.15, 0.2) is 0 Å². The van der Waals surface area contributed by atoms with Gasteiger partial charge in [0.2, 0.25) is 0 Å². The fourth-order valence-corrected chi connectivity index (χ4v) is 2.45. The predicted octanol–water partition coefficient (Wildman–Crippen LogP) is 2.57. The summed E-state index contributed by atoms with van der Waals surface area (Å²) in [6.07, 6.45) is 8.91. The Morgan fingerprint density at radius 2 is 2.11 bits per heavy atom. The Hall–Kier alpha value is -1.09. The first kappa shape index (κ1) is 12.0. The molecule has 0 aromatic carbocycles. The lowest BCUT2D eigenvalue weighted by atomic mass is 9.85. The Morgan fingerprint density at radius 3 is 2.67 bits per heavy atom. The highest BCUT2D eigenvalue weighted by Gasteiger charge is 2.20. The summed E-state index contributed by atoms with van der Waals surface area (Å²) in [4.78, 5) is 6.87. The highest BCUT2D eigenvalue weighted by atomic mass is 15.2. The second-order valence-corrected chi connectivity index (χ2v) is 5.86. The van der Waals surface area contributed by atoms with Crippen LogP contribution in [0, 0.1) is 5.92 Å². The molecule has 2 aliphatic rings. The largest absolute Gasteiger partial charge is 0.359 e. The minimum absolute atomic E-state index is 0.769. The lowest BCUT2D eigenvalue weighted by molar-refractivity contribution is 0.321. The Kier molecular flexibility index (Phi) is 3.50. The Labute approximate surface area is 110 Å². The van der Waals surface area contributed by atoms with Crippen molar-refractivity contribution in [2.75, 3.05) is 18.5 Å². The molecule has 0 spiro atoms. The van der Waals surface area contributed by atoms with Crippen molar-refractivity contribution in [3.05, 3.63) is 23.9 Å². The van der Waals surface area contributed by atoms with E-state index in [1.807, 2.05) is 6.20 Å². The quantitative estimate of drug-likeness (QED) is 0.835. The van der Waals surface area contributed by atoms with Gasteiger partial charge in [-0.3, -0.25) is 0 Å².